The van der Waals surface area contributed by atoms with E-state index in [1.807, 2.05) is 0 Å². The Morgan fingerprint density at radius 3 is 2.40 bits per heavy atom. The number of hydrogen-bond donors (Lipinski definition) is 1. The van der Waals surface area contributed by atoms with E-state index in [2.05, 4.69) is 5.32 Å². The van der Waals surface area contributed by atoms with Gasteiger partial charge in [-0.05, 0) is 42.3 Å². The zero-order valence-electron chi connectivity index (χ0n) is 12.9. The molecule has 1 saturated heterocycles. The van der Waals surface area contributed by atoms with Crippen LogP contribution < -0.4 is 5.32 Å². The Balaban J connectivity index is 1.91. The molecule has 1 unspecified atom stereocenters. The molecule has 1 aliphatic rings. The minimum absolute atomic E-state index is 0.0270. The van der Waals surface area contributed by atoms with E-state index < -0.39 is 29.1 Å². The van der Waals surface area contributed by atoms with Gasteiger partial charge in [0, 0.05) is 0 Å². The third-order valence-electron chi connectivity index (χ3n) is 4.10. The van der Waals surface area contributed by atoms with Crippen LogP contribution in [0.3, 0.4) is 0 Å². The molecule has 2 aromatic rings. The fraction of sp³-hybridized carbons (Fsp3) is 0.176. The SMILES string of the molecule is CC1(c2ccc(F)c(F)c2)NC(=O)N(Cc2ccc(Cl)c(Cl)c2)C1=O. The van der Waals surface area contributed by atoms with Crippen molar-refractivity contribution in [2.24, 2.45) is 0 Å². The average Bonchev–Trinajstić information content (AvgIpc) is 2.78. The first-order valence-electron chi connectivity index (χ1n) is 7.26. The first-order valence-corrected chi connectivity index (χ1v) is 8.01. The number of benzene rings is 2. The molecular formula is C17H12Cl2F2N2O2. The number of rotatable bonds is 3. The molecule has 3 amide bonds. The minimum Gasteiger partial charge on any atom is -0.319 e. The van der Waals surface area contributed by atoms with Gasteiger partial charge in [0.25, 0.3) is 5.91 Å². The highest BCUT2D eigenvalue weighted by Gasteiger charge is 2.49. The van der Waals surface area contributed by atoms with Crippen molar-refractivity contribution >= 4 is 35.1 Å². The van der Waals surface area contributed by atoms with Crippen LogP contribution in [0.2, 0.25) is 10.0 Å². The van der Waals surface area contributed by atoms with Gasteiger partial charge in [-0.15, -0.1) is 0 Å². The van der Waals surface area contributed by atoms with E-state index in [4.69, 9.17) is 23.2 Å². The predicted molar refractivity (Wildman–Crippen MR) is 89.3 cm³/mol. The predicted octanol–water partition coefficient (Wildman–Crippen LogP) is 4.24. The fourth-order valence-corrected chi connectivity index (χ4v) is 2.98. The Kier molecular flexibility index (Phi) is 4.43. The van der Waals surface area contributed by atoms with Gasteiger partial charge in [-0.2, -0.15) is 0 Å². The molecule has 1 aliphatic heterocycles. The van der Waals surface area contributed by atoms with Crippen molar-refractivity contribution in [1.29, 1.82) is 0 Å². The molecule has 0 bridgehead atoms. The molecule has 1 heterocycles. The summed E-state index contributed by atoms with van der Waals surface area (Å²) in [6.45, 7) is 1.41. The topological polar surface area (TPSA) is 49.4 Å². The Labute approximate surface area is 152 Å². The van der Waals surface area contributed by atoms with Gasteiger partial charge in [0.15, 0.2) is 11.6 Å². The van der Waals surface area contributed by atoms with Crippen molar-refractivity contribution in [2.75, 3.05) is 0 Å². The second-order valence-corrected chi connectivity index (χ2v) is 6.64. The average molecular weight is 385 g/mol. The van der Waals surface area contributed by atoms with Gasteiger partial charge in [-0.3, -0.25) is 9.69 Å². The van der Waals surface area contributed by atoms with Crippen molar-refractivity contribution in [1.82, 2.24) is 10.2 Å². The summed E-state index contributed by atoms with van der Waals surface area (Å²) < 4.78 is 26.7. The smallest absolute Gasteiger partial charge is 0.319 e. The van der Waals surface area contributed by atoms with E-state index in [-0.39, 0.29) is 12.1 Å². The lowest BCUT2D eigenvalue weighted by molar-refractivity contribution is -0.131. The Morgan fingerprint density at radius 2 is 1.76 bits per heavy atom. The number of nitrogens with zero attached hydrogens (tertiary/aromatic N) is 1. The van der Waals surface area contributed by atoms with Crippen LogP contribution >= 0.6 is 23.2 Å². The zero-order chi connectivity index (χ0) is 18.4. The fourth-order valence-electron chi connectivity index (χ4n) is 2.66. The van der Waals surface area contributed by atoms with Crippen LogP contribution in [0.5, 0.6) is 0 Å². The third-order valence-corrected chi connectivity index (χ3v) is 4.84. The number of hydrogen-bond acceptors (Lipinski definition) is 2. The minimum atomic E-state index is -1.48. The van der Waals surface area contributed by atoms with Crippen LogP contribution in [0.25, 0.3) is 0 Å². The number of halogens is 4. The van der Waals surface area contributed by atoms with Gasteiger partial charge in [0.2, 0.25) is 0 Å². The van der Waals surface area contributed by atoms with Gasteiger partial charge < -0.3 is 5.32 Å². The molecule has 0 aliphatic carbocycles. The second kappa shape index (κ2) is 6.28. The molecule has 3 rings (SSSR count). The van der Waals surface area contributed by atoms with Crippen LogP contribution in [0, 0.1) is 11.6 Å². The van der Waals surface area contributed by atoms with E-state index in [1.54, 1.807) is 18.2 Å². The van der Waals surface area contributed by atoms with E-state index in [1.165, 1.54) is 13.0 Å². The van der Waals surface area contributed by atoms with E-state index in [0.29, 0.717) is 15.6 Å². The molecule has 0 aromatic heterocycles. The quantitative estimate of drug-likeness (QED) is 0.804. The van der Waals surface area contributed by atoms with Gasteiger partial charge >= 0.3 is 6.03 Å². The summed E-state index contributed by atoms with van der Waals surface area (Å²) in [5, 5.41) is 3.18. The van der Waals surface area contributed by atoms with Crippen LogP contribution in [0.15, 0.2) is 36.4 Å². The molecule has 4 nitrogen and oxygen atoms in total. The van der Waals surface area contributed by atoms with Crippen molar-refractivity contribution in [3.8, 4) is 0 Å². The largest absolute Gasteiger partial charge is 0.325 e. The number of imide groups is 1. The summed E-state index contributed by atoms with van der Waals surface area (Å²) >= 11 is 11.8. The maximum atomic E-state index is 13.5. The van der Waals surface area contributed by atoms with Gasteiger partial charge in [0.05, 0.1) is 16.6 Å². The highest BCUT2D eigenvalue weighted by atomic mass is 35.5. The number of urea groups is 1. The summed E-state index contributed by atoms with van der Waals surface area (Å²) in [7, 11) is 0. The number of amides is 3. The summed E-state index contributed by atoms with van der Waals surface area (Å²) in [6, 6.07) is 7.20. The van der Waals surface area contributed by atoms with Crippen LogP contribution in [-0.4, -0.2) is 16.8 Å². The van der Waals surface area contributed by atoms with E-state index in [0.717, 1.165) is 17.0 Å². The van der Waals surface area contributed by atoms with Gasteiger partial charge in [-0.1, -0.05) is 35.3 Å². The van der Waals surface area contributed by atoms with E-state index >= 15 is 0 Å². The monoisotopic (exact) mass is 384 g/mol. The molecule has 2 aromatic carbocycles. The molecule has 0 saturated carbocycles. The standard InChI is InChI=1S/C17H12Cl2F2N2O2/c1-17(10-3-5-13(20)14(21)7-10)15(24)23(16(25)22-17)8-9-2-4-11(18)12(19)6-9/h2-7H,8H2,1H3,(H,22,25). The second-order valence-electron chi connectivity index (χ2n) is 5.82. The van der Waals surface area contributed by atoms with Crippen LogP contribution in [-0.2, 0) is 16.9 Å². The highest BCUT2D eigenvalue weighted by Crippen LogP contribution is 2.31. The number of nitrogens with one attached hydrogen (secondary N) is 1. The molecule has 1 fully saturated rings. The maximum Gasteiger partial charge on any atom is 0.325 e. The van der Waals surface area contributed by atoms with Gasteiger partial charge in [-0.25, -0.2) is 13.6 Å². The summed E-state index contributed by atoms with van der Waals surface area (Å²) in [6.07, 6.45) is 0. The van der Waals surface area contributed by atoms with E-state index in [9.17, 15) is 18.4 Å². The normalized spacial score (nSPS) is 20.1. The molecular weight excluding hydrogens is 373 g/mol. The van der Waals surface area contributed by atoms with Crippen molar-refractivity contribution in [3.63, 3.8) is 0 Å². The highest BCUT2D eigenvalue weighted by molar-refractivity contribution is 6.42. The maximum absolute atomic E-state index is 13.5. The third kappa shape index (κ3) is 3.07. The Morgan fingerprint density at radius 1 is 1.04 bits per heavy atom. The van der Waals surface area contributed by atoms with Crippen molar-refractivity contribution in [2.45, 2.75) is 19.0 Å². The Bertz CT molecular complexity index is 891. The first-order chi connectivity index (χ1) is 11.7. The number of carbonyl (C=O) groups is 2. The lowest BCUT2D eigenvalue weighted by atomic mass is 9.92. The number of carbonyl (C=O) groups excluding carboxylic acids is 2. The molecule has 8 heteroatoms. The van der Waals surface area contributed by atoms with Crippen LogP contribution in [0.1, 0.15) is 18.1 Å². The molecule has 130 valence electrons. The lowest BCUT2D eigenvalue weighted by Crippen LogP contribution is -2.41. The summed E-state index contributed by atoms with van der Waals surface area (Å²) in [5.74, 6) is -2.70. The molecule has 1 N–H and O–H groups in total. The zero-order valence-corrected chi connectivity index (χ0v) is 14.5. The molecule has 0 spiro atoms. The summed E-state index contributed by atoms with van der Waals surface area (Å²) in [5.41, 5.74) is -0.726. The Hall–Kier alpha value is -2.18. The molecule has 0 radical (unpaired) electrons. The van der Waals surface area contributed by atoms with Crippen molar-refractivity contribution < 1.29 is 18.4 Å². The lowest BCUT2D eigenvalue weighted by Gasteiger charge is -2.22. The van der Waals surface area contributed by atoms with Crippen molar-refractivity contribution in [3.05, 3.63) is 69.2 Å². The molecule has 1 atom stereocenters. The first kappa shape index (κ1) is 17.6. The van der Waals surface area contributed by atoms with Gasteiger partial charge in [0.1, 0.15) is 5.54 Å². The summed E-state index contributed by atoms with van der Waals surface area (Å²) in [4.78, 5) is 26.0. The molecule has 25 heavy (non-hydrogen) atoms. The van der Waals surface area contributed by atoms with Crippen LogP contribution in [0.4, 0.5) is 13.6 Å².